The zero-order valence-electron chi connectivity index (χ0n) is 12.1. The first kappa shape index (κ1) is 16.7. The van der Waals surface area contributed by atoms with E-state index in [2.05, 4.69) is 10.0 Å². The normalized spacial score (nSPS) is 12.4. The summed E-state index contributed by atoms with van der Waals surface area (Å²) in [5, 5.41) is 12.2. The van der Waals surface area contributed by atoms with E-state index in [1.165, 1.54) is 12.1 Å². The number of sulfonamides is 1. The highest BCUT2D eigenvalue weighted by atomic mass is 32.2. The van der Waals surface area contributed by atoms with Crippen molar-refractivity contribution in [2.75, 3.05) is 24.2 Å². The van der Waals surface area contributed by atoms with Crippen LogP contribution in [0.2, 0.25) is 0 Å². The molecule has 0 amide bonds. The molecule has 7 heteroatoms. The predicted octanol–water partition coefficient (Wildman–Crippen LogP) is 1.14. The van der Waals surface area contributed by atoms with E-state index in [0.29, 0.717) is 24.3 Å². The van der Waals surface area contributed by atoms with Gasteiger partial charge in [0.25, 0.3) is 0 Å². The standard InChI is InChI=1S/C13H23N3O3S/c1-4-15-20(18,19)10-5-6-11(14)12(9-10)16-13(2,3)7-8-17/h5-6,9,15-17H,4,7-8,14H2,1-3H3. The van der Waals surface area contributed by atoms with Crippen LogP contribution in [0, 0.1) is 0 Å². The first-order chi connectivity index (χ1) is 9.22. The average molecular weight is 301 g/mol. The van der Waals surface area contributed by atoms with Crippen molar-refractivity contribution >= 4 is 21.4 Å². The molecule has 0 aromatic heterocycles. The molecule has 0 spiro atoms. The summed E-state index contributed by atoms with van der Waals surface area (Å²) >= 11 is 0. The monoisotopic (exact) mass is 301 g/mol. The van der Waals surface area contributed by atoms with Crippen molar-refractivity contribution in [3.8, 4) is 0 Å². The van der Waals surface area contributed by atoms with Crippen molar-refractivity contribution in [2.45, 2.75) is 37.6 Å². The molecule has 0 heterocycles. The number of hydrogen-bond acceptors (Lipinski definition) is 5. The molecule has 0 aliphatic rings. The van der Waals surface area contributed by atoms with Crippen molar-refractivity contribution in [2.24, 2.45) is 0 Å². The van der Waals surface area contributed by atoms with Gasteiger partial charge >= 0.3 is 0 Å². The number of benzene rings is 1. The third-order valence-electron chi connectivity index (χ3n) is 2.88. The Morgan fingerprint density at radius 3 is 2.55 bits per heavy atom. The Hall–Kier alpha value is -1.31. The second-order valence-electron chi connectivity index (χ2n) is 5.23. The minimum atomic E-state index is -3.51. The highest BCUT2D eigenvalue weighted by molar-refractivity contribution is 7.89. The van der Waals surface area contributed by atoms with Gasteiger partial charge in [-0.1, -0.05) is 6.92 Å². The molecular formula is C13H23N3O3S. The molecule has 0 saturated heterocycles. The van der Waals surface area contributed by atoms with Gasteiger partial charge in [0.05, 0.1) is 16.3 Å². The molecule has 20 heavy (non-hydrogen) atoms. The van der Waals surface area contributed by atoms with Gasteiger partial charge in [0.2, 0.25) is 10.0 Å². The van der Waals surface area contributed by atoms with Gasteiger partial charge in [-0.15, -0.1) is 0 Å². The van der Waals surface area contributed by atoms with Gasteiger partial charge in [-0.05, 0) is 38.5 Å². The SMILES string of the molecule is CCNS(=O)(=O)c1ccc(N)c(NC(C)(C)CCO)c1. The molecule has 1 aromatic rings. The van der Waals surface area contributed by atoms with Gasteiger partial charge in [0.15, 0.2) is 0 Å². The summed E-state index contributed by atoms with van der Waals surface area (Å²) in [6, 6.07) is 4.53. The summed E-state index contributed by atoms with van der Waals surface area (Å²) in [6.07, 6.45) is 0.524. The lowest BCUT2D eigenvalue weighted by molar-refractivity contribution is 0.261. The zero-order chi connectivity index (χ0) is 15.4. The van der Waals surface area contributed by atoms with Crippen molar-refractivity contribution < 1.29 is 13.5 Å². The van der Waals surface area contributed by atoms with Crippen LogP contribution in [0.5, 0.6) is 0 Å². The fourth-order valence-corrected chi connectivity index (χ4v) is 2.86. The summed E-state index contributed by atoms with van der Waals surface area (Å²) in [5.74, 6) is 0. The van der Waals surface area contributed by atoms with E-state index in [0.717, 1.165) is 0 Å². The van der Waals surface area contributed by atoms with Crippen LogP contribution < -0.4 is 15.8 Å². The maximum Gasteiger partial charge on any atom is 0.240 e. The Bertz CT molecular complexity index is 556. The third-order valence-corrected chi connectivity index (χ3v) is 4.42. The molecule has 114 valence electrons. The summed E-state index contributed by atoms with van der Waals surface area (Å²) < 4.78 is 26.4. The van der Waals surface area contributed by atoms with Crippen LogP contribution in [0.25, 0.3) is 0 Å². The molecule has 0 aliphatic heterocycles. The first-order valence-electron chi connectivity index (χ1n) is 6.50. The van der Waals surface area contributed by atoms with Gasteiger partial charge in [0, 0.05) is 18.7 Å². The number of anilines is 2. The molecule has 6 nitrogen and oxygen atoms in total. The number of nitrogens with two attached hydrogens (primary N) is 1. The highest BCUT2D eigenvalue weighted by Crippen LogP contribution is 2.26. The molecule has 0 saturated carbocycles. The maximum absolute atomic E-state index is 12.0. The molecule has 0 atom stereocenters. The van der Waals surface area contributed by atoms with Crippen LogP contribution in [0.1, 0.15) is 27.2 Å². The van der Waals surface area contributed by atoms with Crippen LogP contribution in [0.4, 0.5) is 11.4 Å². The van der Waals surface area contributed by atoms with Gasteiger partial charge in [0.1, 0.15) is 0 Å². The van der Waals surface area contributed by atoms with E-state index in [1.807, 2.05) is 13.8 Å². The lowest BCUT2D eigenvalue weighted by atomic mass is 10.0. The minimum Gasteiger partial charge on any atom is -0.397 e. The van der Waals surface area contributed by atoms with Crippen molar-refractivity contribution in [1.82, 2.24) is 4.72 Å². The number of aliphatic hydroxyl groups excluding tert-OH is 1. The van der Waals surface area contributed by atoms with E-state index in [9.17, 15) is 8.42 Å². The fraction of sp³-hybridized carbons (Fsp3) is 0.538. The number of hydrogen-bond donors (Lipinski definition) is 4. The van der Waals surface area contributed by atoms with Gasteiger partial charge < -0.3 is 16.2 Å². The highest BCUT2D eigenvalue weighted by Gasteiger charge is 2.20. The van der Waals surface area contributed by atoms with E-state index in [-0.39, 0.29) is 17.0 Å². The van der Waals surface area contributed by atoms with E-state index < -0.39 is 10.0 Å². The minimum absolute atomic E-state index is 0.0370. The van der Waals surface area contributed by atoms with Crippen LogP contribution in [0.3, 0.4) is 0 Å². The fourth-order valence-electron chi connectivity index (χ4n) is 1.79. The number of nitrogens with one attached hydrogen (secondary N) is 2. The van der Waals surface area contributed by atoms with E-state index in [4.69, 9.17) is 10.8 Å². The Morgan fingerprint density at radius 1 is 1.35 bits per heavy atom. The largest absolute Gasteiger partial charge is 0.397 e. The Balaban J connectivity index is 3.10. The maximum atomic E-state index is 12.0. The van der Waals surface area contributed by atoms with Crippen molar-refractivity contribution in [1.29, 1.82) is 0 Å². The Labute approximate surface area is 120 Å². The van der Waals surface area contributed by atoms with Crippen molar-refractivity contribution in [3.63, 3.8) is 0 Å². The molecule has 1 rings (SSSR count). The molecule has 1 aromatic carbocycles. The molecule has 5 N–H and O–H groups in total. The summed E-state index contributed by atoms with van der Waals surface area (Å²) in [5.41, 5.74) is 6.49. The van der Waals surface area contributed by atoms with Crippen LogP contribution >= 0.6 is 0 Å². The molecule has 0 unspecified atom stereocenters. The summed E-state index contributed by atoms with van der Waals surface area (Å²) in [4.78, 5) is 0.163. The lowest BCUT2D eigenvalue weighted by Gasteiger charge is -2.27. The molecule has 0 radical (unpaired) electrons. The summed E-state index contributed by atoms with van der Waals surface area (Å²) in [7, 11) is -3.51. The van der Waals surface area contributed by atoms with Gasteiger partial charge in [-0.3, -0.25) is 0 Å². The van der Waals surface area contributed by atoms with E-state index >= 15 is 0 Å². The second kappa shape index (κ2) is 6.43. The lowest BCUT2D eigenvalue weighted by Crippen LogP contribution is -2.32. The average Bonchev–Trinajstić information content (AvgIpc) is 2.31. The number of aliphatic hydroxyl groups is 1. The first-order valence-corrected chi connectivity index (χ1v) is 7.98. The van der Waals surface area contributed by atoms with E-state index in [1.54, 1.807) is 13.0 Å². The Morgan fingerprint density at radius 2 is 2.00 bits per heavy atom. The molecular weight excluding hydrogens is 278 g/mol. The quantitative estimate of drug-likeness (QED) is 0.565. The number of nitrogen functional groups attached to an aromatic ring is 1. The predicted molar refractivity (Wildman–Crippen MR) is 81.1 cm³/mol. The Kier molecular flexibility index (Phi) is 5.38. The summed E-state index contributed by atoms with van der Waals surface area (Å²) in [6.45, 7) is 5.90. The van der Waals surface area contributed by atoms with Crippen LogP contribution in [0.15, 0.2) is 23.1 Å². The molecule has 0 aliphatic carbocycles. The van der Waals surface area contributed by atoms with Crippen LogP contribution in [-0.2, 0) is 10.0 Å². The molecule has 0 fully saturated rings. The second-order valence-corrected chi connectivity index (χ2v) is 7.00. The zero-order valence-corrected chi connectivity index (χ0v) is 12.9. The molecule has 0 bridgehead atoms. The van der Waals surface area contributed by atoms with Crippen LogP contribution in [-0.4, -0.2) is 32.2 Å². The third kappa shape index (κ3) is 4.36. The van der Waals surface area contributed by atoms with Crippen molar-refractivity contribution in [3.05, 3.63) is 18.2 Å². The number of rotatable bonds is 7. The van der Waals surface area contributed by atoms with Gasteiger partial charge in [-0.2, -0.15) is 0 Å². The smallest absolute Gasteiger partial charge is 0.240 e. The topological polar surface area (TPSA) is 104 Å². The van der Waals surface area contributed by atoms with Gasteiger partial charge in [-0.25, -0.2) is 13.1 Å².